The summed E-state index contributed by atoms with van der Waals surface area (Å²) >= 11 is 5.52. The molecule has 6 nitrogen and oxygen atoms in total. The zero-order valence-corrected chi connectivity index (χ0v) is 8.83. The number of nitrogens with zero attached hydrogens (tertiary/aromatic N) is 1. The maximum atomic E-state index is 10.8. The highest BCUT2D eigenvalue weighted by molar-refractivity contribution is 7.47. The van der Waals surface area contributed by atoms with E-state index in [0.29, 0.717) is 10.8 Å². The predicted molar refractivity (Wildman–Crippen MR) is 50.8 cm³/mol. The van der Waals surface area contributed by atoms with Gasteiger partial charge in [0.05, 0.1) is 11.9 Å². The van der Waals surface area contributed by atoms with Gasteiger partial charge in [0.15, 0.2) is 0 Å². The van der Waals surface area contributed by atoms with Gasteiger partial charge in [-0.1, -0.05) is 11.6 Å². The molecule has 1 unspecified atom stereocenters. The molecule has 2 N–H and O–H groups in total. The Morgan fingerprint density at radius 1 is 1.64 bits per heavy atom. The number of pyridine rings is 1. The van der Waals surface area contributed by atoms with E-state index >= 15 is 0 Å². The molecule has 1 atom stereocenters. The van der Waals surface area contributed by atoms with Crippen molar-refractivity contribution in [2.45, 2.75) is 0 Å². The Balaban J connectivity index is 2.54. The van der Waals surface area contributed by atoms with Crippen molar-refractivity contribution in [3.05, 3.63) is 23.5 Å². The molecule has 1 aromatic heterocycles. The zero-order chi connectivity index (χ0) is 10.6. The number of halogens is 1. The Labute approximate surface area is 85.4 Å². The van der Waals surface area contributed by atoms with Gasteiger partial charge in [0.1, 0.15) is 5.15 Å². The fourth-order valence-electron chi connectivity index (χ4n) is 0.584. The van der Waals surface area contributed by atoms with Gasteiger partial charge in [0, 0.05) is 7.11 Å². The second kappa shape index (κ2) is 4.72. The van der Waals surface area contributed by atoms with Crippen LogP contribution in [-0.2, 0) is 13.7 Å². The van der Waals surface area contributed by atoms with Gasteiger partial charge < -0.3 is 4.89 Å². The highest BCUT2D eigenvalue weighted by atomic mass is 35.5. The highest BCUT2D eigenvalue weighted by Gasteiger charge is 2.18. The van der Waals surface area contributed by atoms with Crippen LogP contribution in [0.3, 0.4) is 0 Å². The fourth-order valence-corrected chi connectivity index (χ4v) is 0.991. The SMILES string of the molecule is COP(=O)(O)ONc1ccc(Cl)nc1. The second-order valence-corrected chi connectivity index (χ2v) is 4.09. The molecule has 0 fully saturated rings. The molecule has 0 aliphatic heterocycles. The van der Waals surface area contributed by atoms with Crippen molar-refractivity contribution in [3.8, 4) is 0 Å². The molecule has 0 aromatic carbocycles. The summed E-state index contributed by atoms with van der Waals surface area (Å²) in [6.45, 7) is 0. The molecule has 0 amide bonds. The number of hydrogen-bond acceptors (Lipinski definition) is 5. The van der Waals surface area contributed by atoms with Gasteiger partial charge in [-0.3, -0.25) is 10.0 Å². The molecular weight excluding hydrogens is 231 g/mol. The Hall–Kier alpha value is -0.650. The van der Waals surface area contributed by atoms with E-state index in [1.54, 1.807) is 0 Å². The minimum atomic E-state index is -4.02. The third-order valence-electron chi connectivity index (χ3n) is 1.24. The topological polar surface area (TPSA) is 80.7 Å². The summed E-state index contributed by atoms with van der Waals surface area (Å²) in [6, 6.07) is 3.04. The predicted octanol–water partition coefficient (Wildman–Crippen LogP) is 1.83. The van der Waals surface area contributed by atoms with Crippen molar-refractivity contribution in [1.29, 1.82) is 0 Å². The van der Waals surface area contributed by atoms with Gasteiger partial charge in [0.2, 0.25) is 0 Å². The standard InChI is InChI=1S/C6H8ClN2O4P/c1-12-14(10,11)13-9-5-2-3-6(7)8-4-5/h2-4,9H,1H3,(H,10,11). The van der Waals surface area contributed by atoms with E-state index in [-0.39, 0.29) is 0 Å². The van der Waals surface area contributed by atoms with Crippen molar-refractivity contribution in [1.82, 2.24) is 4.98 Å². The van der Waals surface area contributed by atoms with Crippen LogP contribution < -0.4 is 5.48 Å². The normalized spacial score (nSPS) is 14.8. The Bertz CT molecular complexity index is 344. The van der Waals surface area contributed by atoms with Gasteiger partial charge in [-0.25, -0.2) is 9.55 Å². The number of phosphoric acid groups is 1. The molecular formula is C6H8ClN2O4P. The lowest BCUT2D eigenvalue weighted by Crippen LogP contribution is -2.00. The molecule has 0 aliphatic rings. The quantitative estimate of drug-likeness (QED) is 0.473. The minimum absolute atomic E-state index is 0.314. The lowest BCUT2D eigenvalue weighted by atomic mass is 10.4. The van der Waals surface area contributed by atoms with Crippen LogP contribution in [-0.4, -0.2) is 17.0 Å². The molecule has 0 spiro atoms. The summed E-state index contributed by atoms with van der Waals surface area (Å²) < 4.78 is 19.3. The molecule has 1 heterocycles. The maximum absolute atomic E-state index is 10.8. The minimum Gasteiger partial charge on any atom is -0.301 e. The van der Waals surface area contributed by atoms with Crippen molar-refractivity contribution < 1.29 is 18.6 Å². The van der Waals surface area contributed by atoms with Crippen molar-refractivity contribution in [2.24, 2.45) is 0 Å². The zero-order valence-electron chi connectivity index (χ0n) is 7.18. The average molecular weight is 239 g/mol. The van der Waals surface area contributed by atoms with E-state index in [1.807, 2.05) is 0 Å². The van der Waals surface area contributed by atoms with Crippen molar-refractivity contribution >= 4 is 25.1 Å². The van der Waals surface area contributed by atoms with Crippen molar-refractivity contribution in [2.75, 3.05) is 12.6 Å². The third-order valence-corrected chi connectivity index (χ3v) is 2.24. The Morgan fingerprint density at radius 2 is 2.36 bits per heavy atom. The summed E-state index contributed by atoms with van der Waals surface area (Å²) in [5, 5.41) is 0.314. The third kappa shape index (κ3) is 3.61. The first-order chi connectivity index (χ1) is 6.53. The number of aromatic nitrogens is 1. The molecule has 0 aliphatic carbocycles. The molecule has 0 saturated carbocycles. The maximum Gasteiger partial charge on any atom is 0.493 e. The lowest BCUT2D eigenvalue weighted by Gasteiger charge is -2.09. The van der Waals surface area contributed by atoms with Crippen molar-refractivity contribution in [3.63, 3.8) is 0 Å². The van der Waals surface area contributed by atoms with Crippen LogP contribution in [0.1, 0.15) is 0 Å². The van der Waals surface area contributed by atoms with E-state index in [2.05, 4.69) is 19.6 Å². The molecule has 78 valence electrons. The molecule has 1 aromatic rings. The molecule has 1 rings (SSSR count). The number of rotatable bonds is 4. The van der Waals surface area contributed by atoms with E-state index in [0.717, 1.165) is 7.11 Å². The van der Waals surface area contributed by atoms with Crippen LogP contribution in [0.5, 0.6) is 0 Å². The first-order valence-electron chi connectivity index (χ1n) is 3.48. The Morgan fingerprint density at radius 3 is 2.86 bits per heavy atom. The molecule has 0 radical (unpaired) electrons. The largest absolute Gasteiger partial charge is 0.493 e. The van der Waals surface area contributed by atoms with E-state index in [4.69, 9.17) is 16.5 Å². The van der Waals surface area contributed by atoms with Crippen LogP contribution >= 0.6 is 19.4 Å². The smallest absolute Gasteiger partial charge is 0.301 e. The number of nitrogens with one attached hydrogen (secondary N) is 1. The van der Waals surface area contributed by atoms with Gasteiger partial charge in [-0.15, -0.1) is 0 Å². The average Bonchev–Trinajstić information content (AvgIpc) is 2.17. The van der Waals surface area contributed by atoms with Gasteiger partial charge in [-0.05, 0) is 12.1 Å². The number of anilines is 1. The summed E-state index contributed by atoms with van der Waals surface area (Å²) in [6.07, 6.45) is 1.35. The van der Waals surface area contributed by atoms with E-state index in [9.17, 15) is 4.57 Å². The first kappa shape index (κ1) is 11.4. The van der Waals surface area contributed by atoms with Gasteiger partial charge in [0.25, 0.3) is 0 Å². The lowest BCUT2D eigenvalue weighted by molar-refractivity contribution is 0.202. The molecule has 8 heteroatoms. The summed E-state index contributed by atoms with van der Waals surface area (Å²) in [7, 11) is -2.96. The highest BCUT2D eigenvalue weighted by Crippen LogP contribution is 2.41. The number of hydrogen-bond donors (Lipinski definition) is 2. The van der Waals surface area contributed by atoms with E-state index in [1.165, 1.54) is 18.3 Å². The van der Waals surface area contributed by atoms with Crippen LogP contribution in [0.15, 0.2) is 18.3 Å². The van der Waals surface area contributed by atoms with Gasteiger partial charge in [-0.2, -0.15) is 4.62 Å². The molecule has 0 saturated heterocycles. The second-order valence-electron chi connectivity index (χ2n) is 2.21. The monoisotopic (exact) mass is 238 g/mol. The van der Waals surface area contributed by atoms with Crippen LogP contribution in [0.2, 0.25) is 5.15 Å². The van der Waals surface area contributed by atoms with E-state index < -0.39 is 7.82 Å². The van der Waals surface area contributed by atoms with Gasteiger partial charge >= 0.3 is 7.82 Å². The molecule has 14 heavy (non-hydrogen) atoms. The summed E-state index contributed by atoms with van der Waals surface area (Å²) in [5.41, 5.74) is 2.59. The van der Waals surface area contributed by atoms with Crippen LogP contribution in [0, 0.1) is 0 Å². The fraction of sp³-hybridized carbons (Fsp3) is 0.167. The van der Waals surface area contributed by atoms with Crippen LogP contribution in [0.4, 0.5) is 5.69 Å². The van der Waals surface area contributed by atoms with Crippen LogP contribution in [0.25, 0.3) is 0 Å². The summed E-state index contributed by atoms with van der Waals surface area (Å²) in [4.78, 5) is 12.6. The molecule has 0 bridgehead atoms. The first-order valence-corrected chi connectivity index (χ1v) is 5.35. The number of phosphoric ester groups is 1. The summed E-state index contributed by atoms with van der Waals surface area (Å²) in [5.74, 6) is 0. The Kier molecular flexibility index (Phi) is 3.86.